The summed E-state index contributed by atoms with van der Waals surface area (Å²) in [5.74, 6) is 0. The molecule has 0 saturated heterocycles. The van der Waals surface area contributed by atoms with Crippen LogP contribution in [-0.2, 0) is 13.1 Å². The number of benzene rings is 1. The number of nitrogens with one attached hydrogen (secondary N) is 2. The molecule has 0 fully saturated rings. The number of pyridine rings is 1. The first-order chi connectivity index (χ1) is 9.33. The summed E-state index contributed by atoms with van der Waals surface area (Å²) >= 11 is 1.61. The van der Waals surface area contributed by atoms with Gasteiger partial charge in [0.05, 0.1) is 5.51 Å². The smallest absolute Gasteiger partial charge is 0.252 e. The molecule has 3 aromatic rings. The van der Waals surface area contributed by atoms with Crippen molar-refractivity contribution in [2.24, 2.45) is 0 Å². The molecule has 0 bridgehead atoms. The van der Waals surface area contributed by atoms with Gasteiger partial charge in [-0.3, -0.25) is 9.78 Å². The number of rotatable bonds is 4. The Kier molecular flexibility index (Phi) is 3.39. The van der Waals surface area contributed by atoms with Gasteiger partial charge in [0.15, 0.2) is 0 Å². The molecule has 1 aromatic carbocycles. The second-order valence-corrected chi connectivity index (χ2v) is 5.25. The first-order valence-corrected chi connectivity index (χ1v) is 6.90. The standard InChI is InChI=1S/C14H13N3OS/c18-14-11(6-15-7-12-8-16-9-19-12)5-10-3-1-2-4-13(10)17-14/h1-5,8-9,15H,6-7H2,(H,17,18). The summed E-state index contributed by atoms with van der Waals surface area (Å²) in [7, 11) is 0. The minimum atomic E-state index is -0.0319. The first-order valence-electron chi connectivity index (χ1n) is 6.02. The van der Waals surface area contributed by atoms with E-state index in [0.717, 1.165) is 27.9 Å². The van der Waals surface area contributed by atoms with Crippen molar-refractivity contribution in [2.75, 3.05) is 0 Å². The van der Waals surface area contributed by atoms with Crippen LogP contribution in [0.3, 0.4) is 0 Å². The average molecular weight is 271 g/mol. The molecule has 3 rings (SSSR count). The van der Waals surface area contributed by atoms with Crippen LogP contribution in [0.25, 0.3) is 10.9 Å². The third-order valence-corrected chi connectivity index (χ3v) is 3.71. The van der Waals surface area contributed by atoms with Crippen LogP contribution in [0.4, 0.5) is 0 Å². The van der Waals surface area contributed by atoms with Gasteiger partial charge in [0.1, 0.15) is 0 Å². The van der Waals surface area contributed by atoms with Gasteiger partial charge in [-0.25, -0.2) is 0 Å². The summed E-state index contributed by atoms with van der Waals surface area (Å²) in [6.45, 7) is 1.29. The van der Waals surface area contributed by atoms with E-state index in [1.807, 2.05) is 36.5 Å². The number of nitrogens with zero attached hydrogens (tertiary/aromatic N) is 1. The van der Waals surface area contributed by atoms with Gasteiger partial charge in [-0.1, -0.05) is 18.2 Å². The van der Waals surface area contributed by atoms with Gasteiger partial charge in [-0.05, 0) is 17.5 Å². The average Bonchev–Trinajstić information content (AvgIpc) is 2.92. The number of fused-ring (bicyclic) bond motifs is 1. The summed E-state index contributed by atoms with van der Waals surface area (Å²) in [5, 5.41) is 4.31. The van der Waals surface area contributed by atoms with Crippen LogP contribution in [0.15, 0.2) is 46.8 Å². The number of aromatic amines is 1. The van der Waals surface area contributed by atoms with E-state index in [0.29, 0.717) is 6.54 Å². The Balaban J connectivity index is 1.77. The Hall–Kier alpha value is -1.98. The predicted octanol–water partition coefficient (Wildman–Crippen LogP) is 2.27. The van der Waals surface area contributed by atoms with Gasteiger partial charge < -0.3 is 10.3 Å². The van der Waals surface area contributed by atoms with Gasteiger partial charge in [-0.2, -0.15) is 0 Å². The monoisotopic (exact) mass is 271 g/mol. The zero-order chi connectivity index (χ0) is 13.1. The van der Waals surface area contributed by atoms with Crippen LogP contribution in [0.2, 0.25) is 0 Å². The maximum Gasteiger partial charge on any atom is 0.252 e. The molecule has 19 heavy (non-hydrogen) atoms. The van der Waals surface area contributed by atoms with Crippen LogP contribution in [-0.4, -0.2) is 9.97 Å². The molecular weight excluding hydrogens is 258 g/mol. The lowest BCUT2D eigenvalue weighted by Crippen LogP contribution is -2.20. The fourth-order valence-corrected chi connectivity index (χ4v) is 2.54. The van der Waals surface area contributed by atoms with Crippen LogP contribution in [0.1, 0.15) is 10.4 Å². The normalized spacial score (nSPS) is 10.9. The van der Waals surface area contributed by atoms with Crippen LogP contribution >= 0.6 is 11.3 Å². The third-order valence-electron chi connectivity index (χ3n) is 2.93. The molecule has 0 saturated carbocycles. The molecule has 2 aromatic heterocycles. The van der Waals surface area contributed by atoms with Crippen molar-refractivity contribution in [3.8, 4) is 0 Å². The van der Waals surface area contributed by atoms with E-state index >= 15 is 0 Å². The Morgan fingerprint density at radius 3 is 3.00 bits per heavy atom. The number of H-pyrrole nitrogens is 1. The fourth-order valence-electron chi connectivity index (χ4n) is 1.97. The Labute approximate surface area is 114 Å². The topological polar surface area (TPSA) is 57.8 Å². The lowest BCUT2D eigenvalue weighted by Gasteiger charge is -2.04. The fraction of sp³-hybridized carbons (Fsp3) is 0.143. The molecule has 0 aliphatic rings. The third kappa shape index (κ3) is 2.72. The molecule has 0 amide bonds. The predicted molar refractivity (Wildman–Crippen MR) is 77.2 cm³/mol. The van der Waals surface area contributed by atoms with E-state index in [-0.39, 0.29) is 5.56 Å². The number of thiazole rings is 1. The van der Waals surface area contributed by atoms with Crippen molar-refractivity contribution in [1.82, 2.24) is 15.3 Å². The molecule has 0 radical (unpaired) electrons. The van der Waals surface area contributed by atoms with Crippen molar-refractivity contribution in [1.29, 1.82) is 0 Å². The van der Waals surface area contributed by atoms with Crippen molar-refractivity contribution >= 4 is 22.2 Å². The second-order valence-electron chi connectivity index (χ2n) is 4.28. The summed E-state index contributed by atoms with van der Waals surface area (Å²) < 4.78 is 0. The lowest BCUT2D eigenvalue weighted by atomic mass is 10.1. The van der Waals surface area contributed by atoms with E-state index in [2.05, 4.69) is 15.3 Å². The van der Waals surface area contributed by atoms with Gasteiger partial charge in [0.2, 0.25) is 0 Å². The molecule has 4 nitrogen and oxygen atoms in total. The van der Waals surface area contributed by atoms with Gasteiger partial charge in [-0.15, -0.1) is 11.3 Å². The zero-order valence-corrected chi connectivity index (χ0v) is 11.0. The minimum absolute atomic E-state index is 0.0319. The van der Waals surface area contributed by atoms with Crippen molar-refractivity contribution in [3.05, 3.63) is 62.8 Å². The maximum absolute atomic E-state index is 11.9. The summed E-state index contributed by atoms with van der Waals surface area (Å²) in [6.07, 6.45) is 1.84. The van der Waals surface area contributed by atoms with E-state index in [1.165, 1.54) is 0 Å². The number of hydrogen-bond acceptors (Lipinski definition) is 4. The molecular formula is C14H13N3OS. The first kappa shape index (κ1) is 12.1. The summed E-state index contributed by atoms with van der Waals surface area (Å²) in [6, 6.07) is 9.73. The van der Waals surface area contributed by atoms with Crippen molar-refractivity contribution < 1.29 is 0 Å². The molecule has 5 heteroatoms. The quantitative estimate of drug-likeness (QED) is 0.765. The summed E-state index contributed by atoms with van der Waals surface area (Å²) in [5.41, 5.74) is 3.40. The van der Waals surface area contributed by atoms with Gasteiger partial charge >= 0.3 is 0 Å². The van der Waals surface area contributed by atoms with Crippen LogP contribution in [0.5, 0.6) is 0 Å². The molecule has 0 aliphatic carbocycles. The number of para-hydroxylation sites is 1. The highest BCUT2D eigenvalue weighted by molar-refractivity contribution is 7.09. The molecule has 2 N–H and O–H groups in total. The zero-order valence-electron chi connectivity index (χ0n) is 10.2. The van der Waals surface area contributed by atoms with E-state index in [1.54, 1.807) is 16.8 Å². The maximum atomic E-state index is 11.9. The van der Waals surface area contributed by atoms with Gasteiger partial charge in [0, 0.05) is 35.2 Å². The van der Waals surface area contributed by atoms with Crippen LogP contribution in [0, 0.1) is 0 Å². The molecule has 0 spiro atoms. The minimum Gasteiger partial charge on any atom is -0.322 e. The highest BCUT2D eigenvalue weighted by atomic mass is 32.1. The van der Waals surface area contributed by atoms with E-state index in [4.69, 9.17) is 0 Å². The Bertz CT molecular complexity index is 734. The van der Waals surface area contributed by atoms with Crippen LogP contribution < -0.4 is 10.9 Å². The lowest BCUT2D eigenvalue weighted by molar-refractivity contribution is 0.695. The van der Waals surface area contributed by atoms with Crippen molar-refractivity contribution in [2.45, 2.75) is 13.1 Å². The van der Waals surface area contributed by atoms with Gasteiger partial charge in [0.25, 0.3) is 5.56 Å². The van der Waals surface area contributed by atoms with E-state index < -0.39 is 0 Å². The SMILES string of the molecule is O=c1[nH]c2ccccc2cc1CNCc1cncs1. The highest BCUT2D eigenvalue weighted by Crippen LogP contribution is 2.10. The summed E-state index contributed by atoms with van der Waals surface area (Å²) in [4.78, 5) is 20.0. The Morgan fingerprint density at radius 2 is 2.16 bits per heavy atom. The molecule has 96 valence electrons. The largest absolute Gasteiger partial charge is 0.322 e. The van der Waals surface area contributed by atoms with Crippen molar-refractivity contribution in [3.63, 3.8) is 0 Å². The number of aromatic nitrogens is 2. The number of hydrogen-bond donors (Lipinski definition) is 2. The second kappa shape index (κ2) is 5.34. The highest BCUT2D eigenvalue weighted by Gasteiger charge is 2.02. The molecule has 2 heterocycles. The molecule has 0 unspecified atom stereocenters. The Morgan fingerprint density at radius 1 is 1.26 bits per heavy atom. The molecule has 0 aliphatic heterocycles. The van der Waals surface area contributed by atoms with E-state index in [9.17, 15) is 4.79 Å². The molecule has 0 atom stereocenters.